The summed E-state index contributed by atoms with van der Waals surface area (Å²) in [6.07, 6.45) is 0. The van der Waals surface area contributed by atoms with Gasteiger partial charge in [0, 0.05) is 12.5 Å². The van der Waals surface area contributed by atoms with E-state index in [9.17, 15) is 9.59 Å². The molecule has 0 spiro atoms. The smallest absolute Gasteiger partial charge is 0.237 e. The standard InChI is InChI=1S/C10H20N2O2/c1-7(2)5-12(6-9(11)13)10(14)8(3)4/h7-8H,5-6H2,1-4H3,(H2,11,13). The highest BCUT2D eigenvalue weighted by Crippen LogP contribution is 2.04. The van der Waals surface area contributed by atoms with Crippen molar-refractivity contribution in [1.29, 1.82) is 0 Å². The molecule has 0 rings (SSSR count). The molecule has 0 radical (unpaired) electrons. The van der Waals surface area contributed by atoms with E-state index >= 15 is 0 Å². The fraction of sp³-hybridized carbons (Fsp3) is 0.800. The van der Waals surface area contributed by atoms with Gasteiger partial charge in [-0.05, 0) is 5.92 Å². The third kappa shape index (κ3) is 4.84. The largest absolute Gasteiger partial charge is 0.368 e. The van der Waals surface area contributed by atoms with Crippen LogP contribution in [0.5, 0.6) is 0 Å². The molecule has 0 aliphatic heterocycles. The van der Waals surface area contributed by atoms with Crippen molar-refractivity contribution in [2.75, 3.05) is 13.1 Å². The number of rotatable bonds is 5. The lowest BCUT2D eigenvalue weighted by Gasteiger charge is -2.24. The molecule has 0 heterocycles. The van der Waals surface area contributed by atoms with Gasteiger partial charge >= 0.3 is 0 Å². The number of nitrogens with two attached hydrogens (primary N) is 1. The summed E-state index contributed by atoms with van der Waals surface area (Å²) in [6, 6.07) is 0. The summed E-state index contributed by atoms with van der Waals surface area (Å²) < 4.78 is 0. The average Bonchev–Trinajstić information content (AvgIpc) is 1.99. The van der Waals surface area contributed by atoms with Gasteiger partial charge in [-0.2, -0.15) is 0 Å². The molecular formula is C10H20N2O2. The van der Waals surface area contributed by atoms with Crippen LogP contribution < -0.4 is 5.73 Å². The van der Waals surface area contributed by atoms with E-state index in [4.69, 9.17) is 5.73 Å². The van der Waals surface area contributed by atoms with Gasteiger partial charge in [0.05, 0.1) is 6.54 Å². The molecule has 0 aliphatic carbocycles. The van der Waals surface area contributed by atoms with Crippen LogP contribution >= 0.6 is 0 Å². The zero-order chi connectivity index (χ0) is 11.3. The monoisotopic (exact) mass is 200 g/mol. The molecule has 0 bridgehead atoms. The number of carbonyl (C=O) groups is 2. The summed E-state index contributed by atoms with van der Waals surface area (Å²) in [7, 11) is 0. The zero-order valence-electron chi connectivity index (χ0n) is 9.41. The normalized spacial score (nSPS) is 10.7. The van der Waals surface area contributed by atoms with Gasteiger partial charge in [0.25, 0.3) is 0 Å². The van der Waals surface area contributed by atoms with Crippen LogP contribution in [0.15, 0.2) is 0 Å². The van der Waals surface area contributed by atoms with Gasteiger partial charge in [0.1, 0.15) is 0 Å². The Kier molecular flexibility index (Phi) is 5.20. The molecule has 0 aromatic heterocycles. The first-order valence-electron chi connectivity index (χ1n) is 4.91. The molecule has 82 valence electrons. The molecule has 0 aliphatic rings. The second-order valence-electron chi connectivity index (χ2n) is 4.23. The highest BCUT2D eigenvalue weighted by atomic mass is 16.2. The van der Waals surface area contributed by atoms with Crippen molar-refractivity contribution < 1.29 is 9.59 Å². The van der Waals surface area contributed by atoms with E-state index in [1.54, 1.807) is 0 Å². The van der Waals surface area contributed by atoms with Gasteiger partial charge < -0.3 is 10.6 Å². The second-order valence-corrected chi connectivity index (χ2v) is 4.23. The Morgan fingerprint density at radius 3 is 2.00 bits per heavy atom. The van der Waals surface area contributed by atoms with Crippen LogP contribution in [0.2, 0.25) is 0 Å². The van der Waals surface area contributed by atoms with Crippen molar-refractivity contribution in [2.45, 2.75) is 27.7 Å². The van der Waals surface area contributed by atoms with Crippen molar-refractivity contribution in [3.05, 3.63) is 0 Å². The highest BCUT2D eigenvalue weighted by Gasteiger charge is 2.19. The molecule has 0 saturated carbocycles. The zero-order valence-corrected chi connectivity index (χ0v) is 9.41. The highest BCUT2D eigenvalue weighted by molar-refractivity contribution is 5.84. The topological polar surface area (TPSA) is 63.4 Å². The minimum atomic E-state index is -0.459. The first-order valence-corrected chi connectivity index (χ1v) is 4.91. The Bertz CT molecular complexity index is 212. The maximum Gasteiger partial charge on any atom is 0.237 e. The molecule has 0 saturated heterocycles. The molecule has 0 unspecified atom stereocenters. The summed E-state index contributed by atoms with van der Waals surface area (Å²) in [5, 5.41) is 0. The van der Waals surface area contributed by atoms with Gasteiger partial charge in [-0.15, -0.1) is 0 Å². The van der Waals surface area contributed by atoms with Crippen molar-refractivity contribution in [3.8, 4) is 0 Å². The fourth-order valence-electron chi connectivity index (χ4n) is 1.23. The number of primary amides is 1. The first kappa shape index (κ1) is 12.9. The number of hydrogen-bond acceptors (Lipinski definition) is 2. The summed E-state index contributed by atoms with van der Waals surface area (Å²) in [6.45, 7) is 8.24. The van der Waals surface area contributed by atoms with Crippen LogP contribution in [-0.4, -0.2) is 29.8 Å². The predicted molar refractivity (Wildman–Crippen MR) is 55.5 cm³/mol. The van der Waals surface area contributed by atoms with Crippen molar-refractivity contribution in [3.63, 3.8) is 0 Å². The maximum absolute atomic E-state index is 11.6. The molecule has 2 amide bonds. The number of nitrogens with zero attached hydrogens (tertiary/aromatic N) is 1. The minimum absolute atomic E-state index is 0.0162. The number of carbonyl (C=O) groups excluding carboxylic acids is 2. The van der Waals surface area contributed by atoms with Crippen LogP contribution in [0, 0.1) is 11.8 Å². The van der Waals surface area contributed by atoms with E-state index < -0.39 is 5.91 Å². The lowest BCUT2D eigenvalue weighted by molar-refractivity contribution is -0.138. The lowest BCUT2D eigenvalue weighted by atomic mass is 10.1. The summed E-state index contributed by atoms with van der Waals surface area (Å²) in [5.74, 6) is -0.220. The third-order valence-electron chi connectivity index (χ3n) is 1.74. The van der Waals surface area contributed by atoms with E-state index in [1.807, 2.05) is 27.7 Å². The molecule has 0 aromatic rings. The summed E-state index contributed by atoms with van der Waals surface area (Å²) >= 11 is 0. The van der Waals surface area contributed by atoms with Crippen LogP contribution in [0.3, 0.4) is 0 Å². The van der Waals surface area contributed by atoms with E-state index in [1.165, 1.54) is 4.90 Å². The first-order chi connectivity index (χ1) is 6.34. The Morgan fingerprint density at radius 2 is 1.71 bits per heavy atom. The van der Waals surface area contributed by atoms with E-state index in [0.717, 1.165) is 0 Å². The number of amides is 2. The average molecular weight is 200 g/mol. The SMILES string of the molecule is CC(C)CN(CC(N)=O)C(=O)C(C)C. The van der Waals surface area contributed by atoms with E-state index in [0.29, 0.717) is 12.5 Å². The van der Waals surface area contributed by atoms with Crippen LogP contribution in [0.4, 0.5) is 0 Å². The maximum atomic E-state index is 11.6. The second kappa shape index (κ2) is 5.62. The minimum Gasteiger partial charge on any atom is -0.368 e. The van der Waals surface area contributed by atoms with Crippen LogP contribution in [-0.2, 0) is 9.59 Å². The molecule has 2 N–H and O–H groups in total. The van der Waals surface area contributed by atoms with Crippen molar-refractivity contribution in [1.82, 2.24) is 4.90 Å². The van der Waals surface area contributed by atoms with Gasteiger partial charge in [-0.3, -0.25) is 9.59 Å². The summed E-state index contributed by atoms with van der Waals surface area (Å²) in [5.41, 5.74) is 5.07. The quantitative estimate of drug-likeness (QED) is 0.706. The summed E-state index contributed by atoms with van der Waals surface area (Å²) in [4.78, 5) is 23.9. The number of hydrogen-bond donors (Lipinski definition) is 1. The predicted octanol–water partition coefficient (Wildman–Crippen LogP) is 0.612. The van der Waals surface area contributed by atoms with Crippen molar-refractivity contribution in [2.24, 2.45) is 17.6 Å². The molecule has 0 aromatic carbocycles. The van der Waals surface area contributed by atoms with E-state index in [-0.39, 0.29) is 18.4 Å². The van der Waals surface area contributed by atoms with Gasteiger partial charge in [0.2, 0.25) is 11.8 Å². The van der Waals surface area contributed by atoms with Gasteiger partial charge in [-0.25, -0.2) is 0 Å². The molecule has 4 heteroatoms. The Balaban J connectivity index is 4.38. The fourth-order valence-corrected chi connectivity index (χ4v) is 1.23. The Labute approximate surface area is 85.4 Å². The van der Waals surface area contributed by atoms with Crippen LogP contribution in [0.25, 0.3) is 0 Å². The van der Waals surface area contributed by atoms with Gasteiger partial charge in [0.15, 0.2) is 0 Å². The lowest BCUT2D eigenvalue weighted by Crippen LogP contribution is -2.42. The molecule has 14 heavy (non-hydrogen) atoms. The Morgan fingerprint density at radius 1 is 1.21 bits per heavy atom. The Hall–Kier alpha value is -1.06. The van der Waals surface area contributed by atoms with Crippen LogP contribution in [0.1, 0.15) is 27.7 Å². The molecule has 0 fully saturated rings. The van der Waals surface area contributed by atoms with E-state index in [2.05, 4.69) is 0 Å². The third-order valence-corrected chi connectivity index (χ3v) is 1.74. The van der Waals surface area contributed by atoms with Crippen molar-refractivity contribution >= 4 is 11.8 Å². The molecular weight excluding hydrogens is 180 g/mol. The molecule has 0 atom stereocenters. The van der Waals surface area contributed by atoms with Gasteiger partial charge in [-0.1, -0.05) is 27.7 Å². The molecule has 4 nitrogen and oxygen atoms in total.